The smallest absolute Gasteiger partial charge is 0.332 e. The fourth-order valence-electron chi connectivity index (χ4n) is 4.24. The van der Waals surface area contributed by atoms with Gasteiger partial charge in [-0.2, -0.15) is 0 Å². The highest BCUT2D eigenvalue weighted by atomic mass is 16.2. The molecule has 1 N–H and O–H groups in total. The fraction of sp³-hybridized carbons (Fsp3) is 0.364. The van der Waals surface area contributed by atoms with Crippen LogP contribution < -0.4 is 21.5 Å². The van der Waals surface area contributed by atoms with E-state index >= 15 is 0 Å². The largest absolute Gasteiger partial charge is 0.338 e. The van der Waals surface area contributed by atoms with Crippen LogP contribution >= 0.6 is 0 Å². The van der Waals surface area contributed by atoms with Crippen molar-refractivity contribution in [3.05, 3.63) is 51.8 Å². The summed E-state index contributed by atoms with van der Waals surface area (Å²) in [5.74, 6) is 0.932. The molecule has 5 heterocycles. The number of aromatic nitrogens is 8. The van der Waals surface area contributed by atoms with Crippen LogP contribution in [-0.2, 0) is 25.4 Å². The first kappa shape index (κ1) is 22.4. The minimum absolute atomic E-state index is 0.165. The number of carbonyl (C=O) groups is 1. The van der Waals surface area contributed by atoms with Crippen molar-refractivity contribution in [1.82, 2.24) is 38.6 Å². The Labute approximate surface area is 199 Å². The van der Waals surface area contributed by atoms with Gasteiger partial charge in [0.2, 0.25) is 11.9 Å². The van der Waals surface area contributed by atoms with Gasteiger partial charge in [0.25, 0.3) is 5.56 Å². The summed E-state index contributed by atoms with van der Waals surface area (Å²) >= 11 is 0. The molecule has 4 aromatic heterocycles. The lowest BCUT2D eigenvalue weighted by atomic mass is 10.2. The van der Waals surface area contributed by atoms with Gasteiger partial charge >= 0.3 is 5.69 Å². The number of amides is 1. The van der Waals surface area contributed by atoms with Gasteiger partial charge in [0.15, 0.2) is 17.0 Å². The Hall–Kier alpha value is -4.42. The normalized spacial score (nSPS) is 15.6. The number of anilines is 2. The summed E-state index contributed by atoms with van der Waals surface area (Å²) in [7, 11) is 2.90. The summed E-state index contributed by atoms with van der Waals surface area (Å²) in [4.78, 5) is 61.3. The van der Waals surface area contributed by atoms with E-state index in [9.17, 15) is 14.4 Å². The van der Waals surface area contributed by atoms with E-state index in [1.807, 2.05) is 0 Å². The molecule has 4 aromatic rings. The third kappa shape index (κ3) is 4.05. The first-order valence-corrected chi connectivity index (χ1v) is 11.2. The first-order valence-electron chi connectivity index (χ1n) is 11.2. The number of hydrogen-bond donors (Lipinski definition) is 1. The predicted octanol–water partition coefficient (Wildman–Crippen LogP) is 0.308. The van der Waals surface area contributed by atoms with E-state index in [1.165, 1.54) is 35.8 Å². The molecular formula is C22H24N10O3. The van der Waals surface area contributed by atoms with Gasteiger partial charge in [-0.05, 0) is 25.8 Å². The van der Waals surface area contributed by atoms with E-state index in [0.717, 1.165) is 24.0 Å². The van der Waals surface area contributed by atoms with Gasteiger partial charge in [-0.1, -0.05) is 0 Å². The van der Waals surface area contributed by atoms with Crippen molar-refractivity contribution in [2.75, 3.05) is 16.8 Å². The fourth-order valence-corrected chi connectivity index (χ4v) is 4.24. The molecule has 0 bridgehead atoms. The predicted molar refractivity (Wildman–Crippen MR) is 128 cm³/mol. The molecule has 13 nitrogen and oxygen atoms in total. The summed E-state index contributed by atoms with van der Waals surface area (Å²) in [5.41, 5.74) is -0.0106. The Morgan fingerprint density at radius 1 is 1.11 bits per heavy atom. The highest BCUT2D eigenvalue weighted by Gasteiger charge is 2.22. The van der Waals surface area contributed by atoms with Crippen LogP contribution in [0.5, 0.6) is 0 Å². The number of nitrogens with zero attached hydrogens (tertiary/aromatic N) is 9. The summed E-state index contributed by atoms with van der Waals surface area (Å²) < 4.78 is 3.65. The molecule has 5 rings (SSSR count). The van der Waals surface area contributed by atoms with Gasteiger partial charge in [0.05, 0.1) is 11.9 Å². The van der Waals surface area contributed by atoms with Crippen LogP contribution in [0.2, 0.25) is 0 Å². The zero-order valence-electron chi connectivity index (χ0n) is 19.5. The van der Waals surface area contributed by atoms with Gasteiger partial charge in [0.1, 0.15) is 12.4 Å². The maximum atomic E-state index is 12.7. The van der Waals surface area contributed by atoms with Crippen molar-refractivity contribution >= 4 is 28.8 Å². The SMILES string of the molecule is C[C@H]1CCCN1c1ncc(-c2nccc(NC(=O)Cn3cnc4c3c(=O)n(C)c(=O)n4C)n2)cn1. The second-order valence-corrected chi connectivity index (χ2v) is 8.52. The zero-order valence-corrected chi connectivity index (χ0v) is 19.5. The first-order chi connectivity index (χ1) is 16.8. The number of rotatable bonds is 5. The molecule has 180 valence electrons. The van der Waals surface area contributed by atoms with Crippen LogP contribution in [0.15, 0.2) is 40.6 Å². The standard InChI is InChI=1S/C22H24N10O3/c1-13-5-4-8-32(13)21-24-9-14(10-25-21)18-23-7-6-15(28-18)27-16(33)11-31-12-26-19-17(31)20(34)30(3)22(35)29(19)2/h6-7,9-10,12-13H,4-5,8,11H2,1-3H3,(H,23,27,28,33)/t13-/m0/s1. The topological polar surface area (TPSA) is 146 Å². The van der Waals surface area contributed by atoms with Crippen molar-refractivity contribution < 1.29 is 4.79 Å². The highest BCUT2D eigenvalue weighted by Crippen LogP contribution is 2.23. The molecule has 1 amide bonds. The van der Waals surface area contributed by atoms with E-state index in [0.29, 0.717) is 29.2 Å². The molecule has 0 saturated carbocycles. The van der Waals surface area contributed by atoms with E-state index < -0.39 is 17.2 Å². The Balaban J connectivity index is 1.33. The molecule has 35 heavy (non-hydrogen) atoms. The molecule has 1 aliphatic heterocycles. The summed E-state index contributed by atoms with van der Waals surface area (Å²) in [6.45, 7) is 2.91. The van der Waals surface area contributed by atoms with Crippen LogP contribution in [0.1, 0.15) is 19.8 Å². The number of imidazole rings is 1. The van der Waals surface area contributed by atoms with Gasteiger partial charge < -0.3 is 14.8 Å². The molecular weight excluding hydrogens is 452 g/mol. The van der Waals surface area contributed by atoms with Crippen molar-refractivity contribution in [3.8, 4) is 11.4 Å². The van der Waals surface area contributed by atoms with Crippen molar-refractivity contribution in [2.45, 2.75) is 32.4 Å². The Bertz CT molecular complexity index is 1540. The highest BCUT2D eigenvalue weighted by molar-refractivity contribution is 5.90. The van der Waals surface area contributed by atoms with Crippen LogP contribution in [0, 0.1) is 0 Å². The number of hydrogen-bond acceptors (Lipinski definition) is 9. The van der Waals surface area contributed by atoms with Crippen molar-refractivity contribution in [2.24, 2.45) is 14.1 Å². The Kier molecular flexibility index (Phi) is 5.59. The lowest BCUT2D eigenvalue weighted by Crippen LogP contribution is -2.37. The molecule has 0 radical (unpaired) electrons. The molecule has 0 spiro atoms. The van der Waals surface area contributed by atoms with Crippen molar-refractivity contribution in [3.63, 3.8) is 0 Å². The maximum Gasteiger partial charge on any atom is 0.332 e. The number of nitrogens with one attached hydrogen (secondary N) is 1. The van der Waals surface area contributed by atoms with E-state index in [-0.39, 0.29) is 17.7 Å². The van der Waals surface area contributed by atoms with Gasteiger partial charge in [-0.25, -0.2) is 29.7 Å². The van der Waals surface area contributed by atoms with Crippen molar-refractivity contribution in [1.29, 1.82) is 0 Å². The average Bonchev–Trinajstić information content (AvgIpc) is 3.48. The van der Waals surface area contributed by atoms with E-state index in [4.69, 9.17) is 0 Å². The van der Waals surface area contributed by atoms with E-state index in [1.54, 1.807) is 18.5 Å². The van der Waals surface area contributed by atoms with Gasteiger partial charge in [0, 0.05) is 45.3 Å². The summed E-state index contributed by atoms with van der Waals surface area (Å²) in [6, 6.07) is 1.98. The summed E-state index contributed by atoms with van der Waals surface area (Å²) in [6.07, 6.45) is 8.48. The minimum atomic E-state index is -0.524. The lowest BCUT2D eigenvalue weighted by molar-refractivity contribution is -0.116. The minimum Gasteiger partial charge on any atom is -0.338 e. The molecule has 0 aromatic carbocycles. The number of carbonyl (C=O) groups excluding carboxylic acids is 1. The maximum absolute atomic E-state index is 12.7. The number of aryl methyl sites for hydroxylation is 1. The third-order valence-corrected chi connectivity index (χ3v) is 6.16. The van der Waals surface area contributed by atoms with Crippen LogP contribution in [0.25, 0.3) is 22.6 Å². The molecule has 1 aliphatic rings. The molecule has 1 fully saturated rings. The van der Waals surface area contributed by atoms with Gasteiger partial charge in [-0.3, -0.25) is 18.7 Å². The van der Waals surface area contributed by atoms with E-state index in [2.05, 4.69) is 42.1 Å². The Morgan fingerprint density at radius 3 is 2.60 bits per heavy atom. The monoisotopic (exact) mass is 476 g/mol. The molecule has 1 atom stereocenters. The quantitative estimate of drug-likeness (QED) is 0.430. The summed E-state index contributed by atoms with van der Waals surface area (Å²) in [5, 5.41) is 2.71. The van der Waals surface area contributed by atoms with Crippen LogP contribution in [0.4, 0.5) is 11.8 Å². The average molecular weight is 477 g/mol. The third-order valence-electron chi connectivity index (χ3n) is 6.16. The van der Waals surface area contributed by atoms with Gasteiger partial charge in [-0.15, -0.1) is 0 Å². The molecule has 0 unspecified atom stereocenters. The second-order valence-electron chi connectivity index (χ2n) is 8.52. The number of fused-ring (bicyclic) bond motifs is 1. The molecule has 1 saturated heterocycles. The van der Waals surface area contributed by atoms with Crippen LogP contribution in [0.3, 0.4) is 0 Å². The zero-order chi connectivity index (χ0) is 24.7. The van der Waals surface area contributed by atoms with Crippen LogP contribution in [-0.4, -0.2) is 57.1 Å². The second kappa shape index (κ2) is 8.74. The Morgan fingerprint density at radius 2 is 1.89 bits per heavy atom. The molecule has 0 aliphatic carbocycles. The molecule has 13 heteroatoms. The lowest BCUT2D eigenvalue weighted by Gasteiger charge is -2.20.